The Balaban J connectivity index is 1.96. The number of anilines is 1. The Morgan fingerprint density at radius 2 is 2.28 bits per heavy atom. The van der Waals surface area contributed by atoms with E-state index < -0.39 is 0 Å². The first-order chi connectivity index (χ1) is 8.56. The number of nitrogens with zero attached hydrogens (tertiary/aromatic N) is 1. The van der Waals surface area contributed by atoms with Crippen molar-refractivity contribution in [3.05, 3.63) is 23.8 Å². The number of phenols is 1. The average Bonchev–Trinajstić information content (AvgIpc) is 2.69. The molecule has 5 nitrogen and oxygen atoms in total. The molecule has 1 aliphatic heterocycles. The molecule has 0 radical (unpaired) electrons. The van der Waals surface area contributed by atoms with Crippen LogP contribution in [0.25, 0.3) is 0 Å². The van der Waals surface area contributed by atoms with Crippen molar-refractivity contribution >= 4 is 17.5 Å². The fraction of sp³-hybridized carbons (Fsp3) is 0.385. The summed E-state index contributed by atoms with van der Waals surface area (Å²) in [7, 11) is 0. The Labute approximate surface area is 105 Å². The van der Waals surface area contributed by atoms with Gasteiger partial charge in [-0.3, -0.25) is 9.59 Å². The molecule has 2 N–H and O–H groups in total. The van der Waals surface area contributed by atoms with E-state index in [2.05, 4.69) is 5.32 Å². The molecule has 1 aromatic carbocycles. The van der Waals surface area contributed by atoms with Crippen molar-refractivity contribution in [2.75, 3.05) is 18.4 Å². The maximum atomic E-state index is 11.7. The lowest BCUT2D eigenvalue weighted by molar-refractivity contribution is -0.131. The molecule has 0 spiro atoms. The molecular formula is C13H16N2O3. The number of likely N-dealkylation sites (tertiary alicyclic amines) is 1. The van der Waals surface area contributed by atoms with Crippen molar-refractivity contribution in [2.24, 2.45) is 0 Å². The lowest BCUT2D eigenvalue weighted by Gasteiger charge is -2.15. The summed E-state index contributed by atoms with van der Waals surface area (Å²) in [6.45, 7) is 2.53. The number of benzene rings is 1. The van der Waals surface area contributed by atoms with Crippen molar-refractivity contribution < 1.29 is 14.7 Å². The SMILES string of the molecule is Cc1ccc(NC(=O)CN2CCCC2=O)c(O)c1. The summed E-state index contributed by atoms with van der Waals surface area (Å²) in [5.74, 6) is -0.237. The molecule has 1 aromatic rings. The third-order valence-corrected chi connectivity index (χ3v) is 2.93. The highest BCUT2D eigenvalue weighted by atomic mass is 16.3. The Hall–Kier alpha value is -2.04. The molecule has 96 valence electrons. The van der Waals surface area contributed by atoms with Crippen molar-refractivity contribution in [1.29, 1.82) is 0 Å². The molecule has 0 atom stereocenters. The number of carbonyl (C=O) groups is 2. The predicted octanol–water partition coefficient (Wildman–Crippen LogP) is 1.26. The first-order valence-electron chi connectivity index (χ1n) is 5.93. The van der Waals surface area contributed by atoms with Crippen LogP contribution >= 0.6 is 0 Å². The van der Waals surface area contributed by atoms with Gasteiger partial charge in [-0.05, 0) is 31.0 Å². The van der Waals surface area contributed by atoms with Crippen LogP contribution in [0.15, 0.2) is 18.2 Å². The lowest BCUT2D eigenvalue weighted by atomic mass is 10.2. The van der Waals surface area contributed by atoms with Gasteiger partial charge < -0.3 is 15.3 Å². The highest BCUT2D eigenvalue weighted by Crippen LogP contribution is 2.23. The van der Waals surface area contributed by atoms with Gasteiger partial charge in [-0.2, -0.15) is 0 Å². The molecule has 0 saturated carbocycles. The molecule has 1 fully saturated rings. The van der Waals surface area contributed by atoms with E-state index in [1.165, 1.54) is 4.90 Å². The van der Waals surface area contributed by atoms with Gasteiger partial charge in [0.1, 0.15) is 5.75 Å². The largest absolute Gasteiger partial charge is 0.506 e. The molecular weight excluding hydrogens is 232 g/mol. The highest BCUT2D eigenvalue weighted by molar-refractivity contribution is 5.95. The second-order valence-electron chi connectivity index (χ2n) is 4.49. The van der Waals surface area contributed by atoms with Crippen molar-refractivity contribution in [1.82, 2.24) is 4.90 Å². The van der Waals surface area contributed by atoms with E-state index in [9.17, 15) is 14.7 Å². The van der Waals surface area contributed by atoms with E-state index in [4.69, 9.17) is 0 Å². The second-order valence-corrected chi connectivity index (χ2v) is 4.49. The van der Waals surface area contributed by atoms with Crippen LogP contribution in [0.1, 0.15) is 18.4 Å². The maximum Gasteiger partial charge on any atom is 0.244 e. The molecule has 2 rings (SSSR count). The van der Waals surface area contributed by atoms with E-state index in [0.29, 0.717) is 18.7 Å². The van der Waals surface area contributed by atoms with Gasteiger partial charge in [0.15, 0.2) is 0 Å². The Morgan fingerprint density at radius 3 is 2.89 bits per heavy atom. The summed E-state index contributed by atoms with van der Waals surface area (Å²) in [5.41, 5.74) is 1.29. The standard InChI is InChI=1S/C13H16N2O3/c1-9-4-5-10(11(16)7-9)14-12(17)8-15-6-2-3-13(15)18/h4-5,7,16H,2-3,6,8H2,1H3,(H,14,17). The first kappa shape index (κ1) is 12.4. The molecule has 0 bridgehead atoms. The van der Waals surface area contributed by atoms with Crippen LogP contribution in [0.3, 0.4) is 0 Å². The number of hydrogen-bond acceptors (Lipinski definition) is 3. The van der Waals surface area contributed by atoms with Gasteiger partial charge in [-0.1, -0.05) is 6.07 Å². The van der Waals surface area contributed by atoms with Gasteiger partial charge in [0.2, 0.25) is 11.8 Å². The Morgan fingerprint density at radius 1 is 1.50 bits per heavy atom. The maximum absolute atomic E-state index is 11.7. The molecule has 18 heavy (non-hydrogen) atoms. The zero-order valence-electron chi connectivity index (χ0n) is 10.3. The summed E-state index contributed by atoms with van der Waals surface area (Å²) in [6, 6.07) is 5.03. The van der Waals surface area contributed by atoms with Crippen LogP contribution in [0, 0.1) is 6.92 Å². The number of amides is 2. The minimum atomic E-state index is -0.288. The zero-order chi connectivity index (χ0) is 13.1. The van der Waals surface area contributed by atoms with E-state index in [0.717, 1.165) is 12.0 Å². The summed E-state index contributed by atoms with van der Waals surface area (Å²) in [6.07, 6.45) is 1.32. The fourth-order valence-corrected chi connectivity index (χ4v) is 1.98. The van der Waals surface area contributed by atoms with Crippen LogP contribution in [0.4, 0.5) is 5.69 Å². The van der Waals surface area contributed by atoms with Crippen LogP contribution in [-0.4, -0.2) is 34.9 Å². The van der Waals surface area contributed by atoms with Crippen molar-refractivity contribution in [3.63, 3.8) is 0 Å². The van der Waals surface area contributed by atoms with Gasteiger partial charge in [-0.25, -0.2) is 0 Å². The number of rotatable bonds is 3. The van der Waals surface area contributed by atoms with Crippen LogP contribution in [-0.2, 0) is 9.59 Å². The van der Waals surface area contributed by atoms with Crippen LogP contribution in [0.5, 0.6) is 5.75 Å². The second kappa shape index (κ2) is 5.08. The lowest BCUT2D eigenvalue weighted by Crippen LogP contribution is -2.33. The average molecular weight is 248 g/mol. The van der Waals surface area contributed by atoms with Gasteiger partial charge in [0.05, 0.1) is 12.2 Å². The fourth-order valence-electron chi connectivity index (χ4n) is 1.98. The minimum Gasteiger partial charge on any atom is -0.506 e. The van der Waals surface area contributed by atoms with Gasteiger partial charge in [0, 0.05) is 13.0 Å². The molecule has 0 aromatic heterocycles. The zero-order valence-corrected chi connectivity index (χ0v) is 10.3. The third-order valence-electron chi connectivity index (χ3n) is 2.93. The normalized spacial score (nSPS) is 14.9. The van der Waals surface area contributed by atoms with Crippen molar-refractivity contribution in [3.8, 4) is 5.75 Å². The quantitative estimate of drug-likeness (QED) is 0.791. The van der Waals surface area contributed by atoms with E-state index in [-0.39, 0.29) is 24.1 Å². The van der Waals surface area contributed by atoms with Gasteiger partial charge in [-0.15, -0.1) is 0 Å². The molecule has 1 heterocycles. The highest BCUT2D eigenvalue weighted by Gasteiger charge is 2.22. The predicted molar refractivity (Wildman–Crippen MR) is 67.3 cm³/mol. The van der Waals surface area contributed by atoms with Crippen LogP contribution < -0.4 is 5.32 Å². The molecule has 0 unspecified atom stereocenters. The Bertz CT molecular complexity index is 485. The topological polar surface area (TPSA) is 69.6 Å². The molecule has 2 amide bonds. The number of aryl methyl sites for hydroxylation is 1. The monoisotopic (exact) mass is 248 g/mol. The van der Waals surface area contributed by atoms with E-state index in [1.54, 1.807) is 18.2 Å². The number of carbonyl (C=O) groups excluding carboxylic acids is 2. The van der Waals surface area contributed by atoms with Crippen molar-refractivity contribution in [2.45, 2.75) is 19.8 Å². The Kier molecular flexibility index (Phi) is 3.50. The minimum absolute atomic E-state index is 0.0123. The summed E-state index contributed by atoms with van der Waals surface area (Å²) in [4.78, 5) is 24.6. The van der Waals surface area contributed by atoms with Crippen LogP contribution in [0.2, 0.25) is 0 Å². The number of hydrogen-bond donors (Lipinski definition) is 2. The summed E-state index contributed by atoms with van der Waals surface area (Å²) >= 11 is 0. The third kappa shape index (κ3) is 2.80. The van der Waals surface area contributed by atoms with Gasteiger partial charge >= 0.3 is 0 Å². The number of aromatic hydroxyl groups is 1. The molecule has 1 saturated heterocycles. The van der Waals surface area contributed by atoms with Gasteiger partial charge in [0.25, 0.3) is 0 Å². The van der Waals surface area contributed by atoms with E-state index in [1.807, 2.05) is 6.92 Å². The smallest absolute Gasteiger partial charge is 0.244 e. The summed E-state index contributed by atoms with van der Waals surface area (Å²) in [5, 5.41) is 12.3. The molecule has 5 heteroatoms. The van der Waals surface area contributed by atoms with E-state index >= 15 is 0 Å². The molecule has 0 aliphatic carbocycles. The summed E-state index contributed by atoms with van der Waals surface area (Å²) < 4.78 is 0. The number of phenolic OH excluding ortho intramolecular Hbond substituents is 1. The molecule has 1 aliphatic rings. The number of nitrogens with one attached hydrogen (secondary N) is 1. The first-order valence-corrected chi connectivity index (χ1v) is 5.93.